The fourth-order valence-corrected chi connectivity index (χ4v) is 3.18. The first-order valence-corrected chi connectivity index (χ1v) is 8.29. The molecular formula is C18H29ClN2O2. The normalized spacial score (nSPS) is 18.1. The van der Waals surface area contributed by atoms with Gasteiger partial charge in [0, 0.05) is 13.0 Å². The predicted molar refractivity (Wildman–Crippen MR) is 96.3 cm³/mol. The number of hydrogen-bond donors (Lipinski definition) is 1. The average molecular weight is 341 g/mol. The number of nitrogens with one attached hydrogen (secondary N) is 1. The SMILES string of the molecule is CCN(C(=O)CCC1CCNC1)C(C)c1cccc(OC)c1.Cl. The molecule has 1 aliphatic heterocycles. The van der Waals surface area contributed by atoms with E-state index in [1.165, 1.54) is 6.42 Å². The summed E-state index contributed by atoms with van der Waals surface area (Å²) in [5.41, 5.74) is 1.12. The second-order valence-corrected chi connectivity index (χ2v) is 6.03. The molecule has 130 valence electrons. The molecule has 1 saturated heterocycles. The van der Waals surface area contributed by atoms with Crippen molar-refractivity contribution in [1.29, 1.82) is 0 Å². The molecule has 1 aliphatic rings. The van der Waals surface area contributed by atoms with Crippen LogP contribution in [0.1, 0.15) is 44.7 Å². The fraction of sp³-hybridized carbons (Fsp3) is 0.611. The van der Waals surface area contributed by atoms with E-state index in [0.29, 0.717) is 12.3 Å². The van der Waals surface area contributed by atoms with Crippen LogP contribution in [0.5, 0.6) is 5.75 Å². The number of ether oxygens (including phenoxy) is 1. The van der Waals surface area contributed by atoms with Crippen molar-refractivity contribution in [3.63, 3.8) is 0 Å². The van der Waals surface area contributed by atoms with Gasteiger partial charge in [-0.25, -0.2) is 0 Å². The molecule has 1 aromatic carbocycles. The van der Waals surface area contributed by atoms with Crippen molar-refractivity contribution in [2.75, 3.05) is 26.7 Å². The van der Waals surface area contributed by atoms with Gasteiger partial charge in [-0.2, -0.15) is 0 Å². The first kappa shape index (κ1) is 19.8. The summed E-state index contributed by atoms with van der Waals surface area (Å²) < 4.78 is 5.28. The van der Waals surface area contributed by atoms with Crippen molar-refractivity contribution in [3.05, 3.63) is 29.8 Å². The topological polar surface area (TPSA) is 41.6 Å². The lowest BCUT2D eigenvalue weighted by molar-refractivity contribution is -0.133. The summed E-state index contributed by atoms with van der Waals surface area (Å²) in [4.78, 5) is 14.5. The third-order valence-corrected chi connectivity index (χ3v) is 4.63. The number of amides is 1. The highest BCUT2D eigenvalue weighted by Crippen LogP contribution is 2.25. The first-order valence-electron chi connectivity index (χ1n) is 8.29. The maximum absolute atomic E-state index is 12.6. The van der Waals surface area contributed by atoms with Crippen molar-refractivity contribution >= 4 is 18.3 Å². The molecule has 23 heavy (non-hydrogen) atoms. The second-order valence-electron chi connectivity index (χ2n) is 6.03. The molecule has 1 N–H and O–H groups in total. The van der Waals surface area contributed by atoms with Crippen LogP contribution in [0.4, 0.5) is 0 Å². The molecule has 4 nitrogen and oxygen atoms in total. The van der Waals surface area contributed by atoms with E-state index in [4.69, 9.17) is 4.74 Å². The molecule has 0 saturated carbocycles. The van der Waals surface area contributed by atoms with Gasteiger partial charge in [0.05, 0.1) is 13.2 Å². The molecule has 0 aliphatic carbocycles. The highest BCUT2D eigenvalue weighted by molar-refractivity contribution is 5.85. The monoisotopic (exact) mass is 340 g/mol. The van der Waals surface area contributed by atoms with Crippen LogP contribution in [0.25, 0.3) is 0 Å². The molecule has 2 unspecified atom stereocenters. The number of hydrogen-bond acceptors (Lipinski definition) is 3. The Morgan fingerprint density at radius 1 is 1.48 bits per heavy atom. The van der Waals surface area contributed by atoms with Crippen molar-refractivity contribution in [3.8, 4) is 5.75 Å². The van der Waals surface area contributed by atoms with E-state index in [0.717, 1.165) is 37.4 Å². The van der Waals surface area contributed by atoms with E-state index in [1.54, 1.807) is 7.11 Å². The lowest BCUT2D eigenvalue weighted by atomic mass is 10.0. The Hall–Kier alpha value is -1.26. The Kier molecular flexibility index (Phi) is 8.42. The van der Waals surface area contributed by atoms with Gasteiger partial charge in [-0.05, 0) is 63.4 Å². The molecular weight excluding hydrogens is 312 g/mol. The third-order valence-electron chi connectivity index (χ3n) is 4.63. The molecule has 0 radical (unpaired) electrons. The summed E-state index contributed by atoms with van der Waals surface area (Å²) in [6, 6.07) is 8.06. The van der Waals surface area contributed by atoms with Crippen molar-refractivity contribution in [2.24, 2.45) is 5.92 Å². The van der Waals surface area contributed by atoms with E-state index in [-0.39, 0.29) is 24.4 Å². The van der Waals surface area contributed by atoms with Crippen molar-refractivity contribution in [2.45, 2.75) is 39.2 Å². The van der Waals surface area contributed by atoms with E-state index >= 15 is 0 Å². The number of halogens is 1. The van der Waals surface area contributed by atoms with Gasteiger partial charge in [0.2, 0.25) is 5.91 Å². The van der Waals surface area contributed by atoms with Gasteiger partial charge in [-0.3, -0.25) is 4.79 Å². The molecule has 1 fully saturated rings. The largest absolute Gasteiger partial charge is 0.497 e. The number of carbonyl (C=O) groups excluding carboxylic acids is 1. The van der Waals surface area contributed by atoms with Gasteiger partial charge >= 0.3 is 0 Å². The van der Waals surface area contributed by atoms with Crippen LogP contribution in [0.15, 0.2) is 24.3 Å². The summed E-state index contributed by atoms with van der Waals surface area (Å²) >= 11 is 0. The zero-order valence-corrected chi connectivity index (χ0v) is 15.2. The van der Waals surface area contributed by atoms with Crippen LogP contribution >= 0.6 is 12.4 Å². The van der Waals surface area contributed by atoms with Gasteiger partial charge in [0.15, 0.2) is 0 Å². The van der Waals surface area contributed by atoms with E-state index in [2.05, 4.69) is 18.3 Å². The molecule has 0 spiro atoms. The third kappa shape index (κ3) is 5.40. The lowest BCUT2D eigenvalue weighted by Crippen LogP contribution is -2.33. The average Bonchev–Trinajstić information content (AvgIpc) is 3.07. The second kappa shape index (κ2) is 9.78. The van der Waals surface area contributed by atoms with Gasteiger partial charge in [-0.1, -0.05) is 12.1 Å². The molecule has 1 amide bonds. The van der Waals surface area contributed by atoms with Crippen LogP contribution in [0.3, 0.4) is 0 Å². The van der Waals surface area contributed by atoms with Crippen LogP contribution in [0, 0.1) is 5.92 Å². The fourth-order valence-electron chi connectivity index (χ4n) is 3.18. The maximum atomic E-state index is 12.6. The molecule has 2 rings (SSSR count). The van der Waals surface area contributed by atoms with E-state index < -0.39 is 0 Å². The Labute approximate surface area is 146 Å². The molecule has 0 aromatic heterocycles. The number of carbonyl (C=O) groups is 1. The Balaban J connectivity index is 0.00000264. The summed E-state index contributed by atoms with van der Waals surface area (Å²) in [6.07, 6.45) is 2.84. The van der Waals surface area contributed by atoms with Gasteiger partial charge in [0.25, 0.3) is 0 Å². The predicted octanol–water partition coefficient (Wildman–Crippen LogP) is 3.42. The standard InChI is InChI=1S/C18H28N2O2.ClH/c1-4-20(18(21)9-8-15-10-11-19-13-15)14(2)16-6-5-7-17(12-16)22-3;/h5-7,12,14-15,19H,4,8-11,13H2,1-3H3;1H. The molecule has 1 aromatic rings. The Morgan fingerprint density at radius 2 is 2.26 bits per heavy atom. The summed E-state index contributed by atoms with van der Waals surface area (Å²) in [5, 5.41) is 3.36. The zero-order valence-electron chi connectivity index (χ0n) is 14.4. The minimum atomic E-state index is 0. The highest BCUT2D eigenvalue weighted by atomic mass is 35.5. The summed E-state index contributed by atoms with van der Waals surface area (Å²) in [5.74, 6) is 1.75. The van der Waals surface area contributed by atoms with E-state index in [1.807, 2.05) is 30.0 Å². The molecule has 5 heteroatoms. The van der Waals surface area contributed by atoms with Gasteiger partial charge < -0.3 is 15.0 Å². The number of methoxy groups -OCH3 is 1. The number of nitrogens with zero attached hydrogens (tertiary/aromatic N) is 1. The van der Waals surface area contributed by atoms with E-state index in [9.17, 15) is 4.79 Å². The molecule has 2 atom stereocenters. The van der Waals surface area contributed by atoms with Crippen LogP contribution in [0.2, 0.25) is 0 Å². The number of benzene rings is 1. The Morgan fingerprint density at radius 3 is 2.87 bits per heavy atom. The van der Waals surface area contributed by atoms with Crippen LogP contribution in [-0.2, 0) is 4.79 Å². The molecule has 1 heterocycles. The van der Waals surface area contributed by atoms with Crippen LogP contribution in [-0.4, -0.2) is 37.6 Å². The van der Waals surface area contributed by atoms with Crippen molar-refractivity contribution in [1.82, 2.24) is 10.2 Å². The highest BCUT2D eigenvalue weighted by Gasteiger charge is 2.22. The zero-order chi connectivity index (χ0) is 15.9. The minimum absolute atomic E-state index is 0. The van der Waals surface area contributed by atoms with Crippen LogP contribution < -0.4 is 10.1 Å². The van der Waals surface area contributed by atoms with Gasteiger partial charge in [-0.15, -0.1) is 12.4 Å². The maximum Gasteiger partial charge on any atom is 0.223 e. The smallest absolute Gasteiger partial charge is 0.223 e. The van der Waals surface area contributed by atoms with Crippen molar-refractivity contribution < 1.29 is 9.53 Å². The summed E-state index contributed by atoms with van der Waals surface area (Å²) in [6.45, 7) is 7.03. The summed E-state index contributed by atoms with van der Waals surface area (Å²) in [7, 11) is 1.67. The first-order chi connectivity index (χ1) is 10.7. The molecule has 0 bridgehead atoms. The quantitative estimate of drug-likeness (QED) is 0.827. The van der Waals surface area contributed by atoms with Gasteiger partial charge in [0.1, 0.15) is 5.75 Å². The minimum Gasteiger partial charge on any atom is -0.497 e. The Bertz CT molecular complexity index is 490. The lowest BCUT2D eigenvalue weighted by Gasteiger charge is -2.29. The number of rotatable bonds is 7.